The fourth-order valence-corrected chi connectivity index (χ4v) is 2.77. The molecule has 1 aromatic heterocycles. The number of nitrogens with zero attached hydrogens (tertiary/aromatic N) is 3. The van der Waals surface area contributed by atoms with Crippen LogP contribution >= 0.6 is 15.9 Å². The molecule has 0 unspecified atom stereocenters. The molecule has 0 bridgehead atoms. The number of aromatic nitrogens is 2. The zero-order valence-electron chi connectivity index (χ0n) is 12.8. The van der Waals surface area contributed by atoms with Gasteiger partial charge in [0.25, 0.3) is 0 Å². The normalized spacial score (nSPS) is 11.1. The highest BCUT2D eigenvalue weighted by atomic mass is 79.9. The lowest BCUT2D eigenvalue weighted by molar-refractivity contribution is -0.141. The summed E-state index contributed by atoms with van der Waals surface area (Å²) < 4.78 is 7.82. The zero-order valence-corrected chi connectivity index (χ0v) is 14.4. The van der Waals surface area contributed by atoms with Crippen LogP contribution in [0.25, 0.3) is 0 Å². The quantitative estimate of drug-likeness (QED) is 0.679. The van der Waals surface area contributed by atoms with Gasteiger partial charge in [-0.3, -0.25) is 14.4 Å². The summed E-state index contributed by atoms with van der Waals surface area (Å²) in [6, 6.07) is 0. The average Bonchev–Trinajstić information content (AvgIpc) is 2.78. The fourth-order valence-electron chi connectivity index (χ4n) is 2.08. The van der Waals surface area contributed by atoms with E-state index in [0.717, 1.165) is 36.2 Å². The minimum absolute atomic E-state index is 0.166. The first-order chi connectivity index (χ1) is 9.57. The molecule has 1 rings (SSSR count). The number of carbonyl (C=O) groups is 1. The second-order valence-corrected chi connectivity index (χ2v) is 5.36. The molecule has 0 amide bonds. The molecular weight excluding hydrogens is 322 g/mol. The maximum Gasteiger partial charge on any atom is 0.306 e. The Hall–Kier alpha value is -0.880. The Morgan fingerprint density at radius 1 is 1.40 bits per heavy atom. The summed E-state index contributed by atoms with van der Waals surface area (Å²) in [5.41, 5.74) is 2.27. The molecule has 5 nitrogen and oxygen atoms in total. The molecule has 0 saturated carbocycles. The minimum Gasteiger partial charge on any atom is -0.469 e. The Morgan fingerprint density at radius 2 is 2.10 bits per heavy atom. The predicted octanol–water partition coefficient (Wildman–Crippen LogP) is 2.61. The summed E-state index contributed by atoms with van der Waals surface area (Å²) >= 11 is 3.65. The number of methoxy groups -OCH3 is 1. The number of aryl methyl sites for hydroxylation is 2. The van der Waals surface area contributed by atoms with Gasteiger partial charge >= 0.3 is 5.97 Å². The van der Waals surface area contributed by atoms with Crippen LogP contribution in [-0.4, -0.2) is 40.8 Å². The Balaban J connectivity index is 2.78. The van der Waals surface area contributed by atoms with E-state index < -0.39 is 0 Å². The Morgan fingerprint density at radius 3 is 2.60 bits per heavy atom. The summed E-state index contributed by atoms with van der Waals surface area (Å²) in [7, 11) is 1.43. The van der Waals surface area contributed by atoms with Gasteiger partial charge in [-0.1, -0.05) is 13.8 Å². The van der Waals surface area contributed by atoms with Crippen molar-refractivity contribution in [1.29, 1.82) is 0 Å². The Kier molecular flexibility index (Phi) is 7.23. The maximum absolute atomic E-state index is 11.2. The van der Waals surface area contributed by atoms with Gasteiger partial charge in [-0.25, -0.2) is 0 Å². The van der Waals surface area contributed by atoms with Crippen molar-refractivity contribution < 1.29 is 9.53 Å². The molecule has 114 valence electrons. The second kappa shape index (κ2) is 8.42. The van der Waals surface area contributed by atoms with Crippen LogP contribution in [0.1, 0.15) is 38.6 Å². The molecule has 0 atom stereocenters. The van der Waals surface area contributed by atoms with E-state index in [4.69, 9.17) is 4.74 Å². The van der Waals surface area contributed by atoms with Crippen molar-refractivity contribution in [3.8, 4) is 0 Å². The molecule has 0 N–H and O–H groups in total. The van der Waals surface area contributed by atoms with Crippen LogP contribution in [0.5, 0.6) is 0 Å². The first-order valence-electron chi connectivity index (χ1n) is 7.10. The SMILES string of the molecule is CCc1nn(CC)c(CN(CC)CCC(=O)OC)c1Br. The van der Waals surface area contributed by atoms with Gasteiger partial charge in [0, 0.05) is 19.6 Å². The van der Waals surface area contributed by atoms with Crippen LogP contribution in [0.15, 0.2) is 4.47 Å². The number of carbonyl (C=O) groups excluding carboxylic acids is 1. The summed E-state index contributed by atoms with van der Waals surface area (Å²) in [6.07, 6.45) is 1.33. The Bertz CT molecular complexity index is 446. The molecular formula is C14H24BrN3O2. The van der Waals surface area contributed by atoms with Crippen LogP contribution in [0, 0.1) is 0 Å². The summed E-state index contributed by atoms with van der Waals surface area (Å²) in [5.74, 6) is -0.166. The smallest absolute Gasteiger partial charge is 0.306 e. The van der Waals surface area contributed by atoms with Crippen LogP contribution < -0.4 is 0 Å². The number of ether oxygens (including phenoxy) is 1. The maximum atomic E-state index is 11.2. The summed E-state index contributed by atoms with van der Waals surface area (Å²) in [6.45, 7) is 9.51. The number of hydrogen-bond acceptors (Lipinski definition) is 4. The van der Waals surface area contributed by atoms with Gasteiger partial charge in [-0.2, -0.15) is 5.10 Å². The lowest BCUT2D eigenvalue weighted by atomic mass is 10.2. The van der Waals surface area contributed by atoms with Gasteiger partial charge in [0.1, 0.15) is 0 Å². The molecule has 0 radical (unpaired) electrons. The van der Waals surface area contributed by atoms with Gasteiger partial charge in [-0.05, 0) is 35.8 Å². The van der Waals surface area contributed by atoms with Gasteiger partial charge in [0.2, 0.25) is 0 Å². The number of esters is 1. The molecule has 0 fully saturated rings. The van der Waals surface area contributed by atoms with Crippen molar-refractivity contribution in [3.05, 3.63) is 15.9 Å². The van der Waals surface area contributed by atoms with E-state index in [9.17, 15) is 4.79 Å². The highest BCUT2D eigenvalue weighted by Gasteiger charge is 2.17. The lowest BCUT2D eigenvalue weighted by Crippen LogP contribution is -2.27. The van der Waals surface area contributed by atoms with Crippen molar-refractivity contribution in [3.63, 3.8) is 0 Å². The molecule has 6 heteroatoms. The molecule has 0 saturated heterocycles. The molecule has 20 heavy (non-hydrogen) atoms. The molecule has 0 aliphatic carbocycles. The number of hydrogen-bond donors (Lipinski definition) is 0. The first kappa shape index (κ1) is 17.2. The molecule has 1 heterocycles. The van der Waals surface area contributed by atoms with Crippen LogP contribution in [0.2, 0.25) is 0 Å². The minimum atomic E-state index is -0.166. The largest absolute Gasteiger partial charge is 0.469 e. The molecule has 0 aromatic carbocycles. The predicted molar refractivity (Wildman–Crippen MR) is 82.6 cm³/mol. The highest BCUT2D eigenvalue weighted by Crippen LogP contribution is 2.23. The molecule has 0 spiro atoms. The summed E-state index contributed by atoms with van der Waals surface area (Å²) in [5, 5.41) is 4.60. The van der Waals surface area contributed by atoms with Crippen LogP contribution in [0.3, 0.4) is 0 Å². The van der Waals surface area contributed by atoms with Crippen molar-refractivity contribution in [1.82, 2.24) is 14.7 Å². The van der Waals surface area contributed by atoms with E-state index in [0.29, 0.717) is 13.0 Å². The standard InChI is InChI=1S/C14H24BrN3O2/c1-5-11-14(15)12(18(7-3)16-11)10-17(6-2)9-8-13(19)20-4/h5-10H2,1-4H3. The van der Waals surface area contributed by atoms with Gasteiger partial charge in [-0.15, -0.1) is 0 Å². The number of rotatable bonds is 8. The number of halogens is 1. The van der Waals surface area contributed by atoms with E-state index >= 15 is 0 Å². The monoisotopic (exact) mass is 345 g/mol. The molecule has 0 aliphatic rings. The summed E-state index contributed by atoms with van der Waals surface area (Å²) in [4.78, 5) is 13.5. The third kappa shape index (κ3) is 4.31. The van der Waals surface area contributed by atoms with Crippen LogP contribution in [0.4, 0.5) is 0 Å². The third-order valence-electron chi connectivity index (χ3n) is 3.37. The van der Waals surface area contributed by atoms with E-state index in [2.05, 4.69) is 46.7 Å². The fraction of sp³-hybridized carbons (Fsp3) is 0.714. The topological polar surface area (TPSA) is 47.4 Å². The Labute approximate surface area is 129 Å². The zero-order chi connectivity index (χ0) is 15.1. The highest BCUT2D eigenvalue weighted by molar-refractivity contribution is 9.10. The van der Waals surface area contributed by atoms with Crippen molar-refractivity contribution in [2.75, 3.05) is 20.2 Å². The second-order valence-electron chi connectivity index (χ2n) is 4.57. The van der Waals surface area contributed by atoms with Gasteiger partial charge in [0.15, 0.2) is 0 Å². The van der Waals surface area contributed by atoms with Gasteiger partial charge < -0.3 is 4.74 Å². The van der Waals surface area contributed by atoms with E-state index in [1.165, 1.54) is 12.8 Å². The first-order valence-corrected chi connectivity index (χ1v) is 7.89. The van der Waals surface area contributed by atoms with E-state index in [1.54, 1.807) is 0 Å². The molecule has 1 aromatic rings. The van der Waals surface area contributed by atoms with Gasteiger partial charge in [0.05, 0.1) is 29.4 Å². The lowest BCUT2D eigenvalue weighted by Gasteiger charge is -2.20. The van der Waals surface area contributed by atoms with Crippen molar-refractivity contribution in [2.45, 2.75) is 46.7 Å². The van der Waals surface area contributed by atoms with Crippen LogP contribution in [-0.2, 0) is 29.0 Å². The van der Waals surface area contributed by atoms with Crippen molar-refractivity contribution in [2.24, 2.45) is 0 Å². The van der Waals surface area contributed by atoms with E-state index in [1.807, 2.05) is 4.68 Å². The molecule has 0 aliphatic heterocycles. The third-order valence-corrected chi connectivity index (χ3v) is 4.29. The van der Waals surface area contributed by atoms with E-state index in [-0.39, 0.29) is 5.97 Å². The van der Waals surface area contributed by atoms with Crippen molar-refractivity contribution >= 4 is 21.9 Å². The average molecular weight is 346 g/mol.